The van der Waals surface area contributed by atoms with Gasteiger partial charge in [-0.15, -0.1) is 0 Å². The standard InChI is InChI=1S/C24H49BrO/c25-23-21-19-17-15-13-11-9-7-5-3-1-2-4-6-8-10-12-14-16-18-20-22-24-26/h26H,1-24H2. The maximum atomic E-state index is 8.73. The van der Waals surface area contributed by atoms with Crippen LogP contribution in [0.4, 0.5) is 0 Å². The predicted molar refractivity (Wildman–Crippen MR) is 122 cm³/mol. The largest absolute Gasteiger partial charge is 0.396 e. The molecule has 0 aliphatic heterocycles. The molecular weight excluding hydrogens is 384 g/mol. The predicted octanol–water partition coefficient (Wildman–Crippen LogP) is 8.96. The van der Waals surface area contributed by atoms with E-state index in [1.54, 1.807) is 0 Å². The van der Waals surface area contributed by atoms with Gasteiger partial charge in [-0.3, -0.25) is 0 Å². The van der Waals surface area contributed by atoms with E-state index >= 15 is 0 Å². The fourth-order valence-corrected chi connectivity index (χ4v) is 4.14. The molecule has 0 aromatic carbocycles. The summed E-state index contributed by atoms with van der Waals surface area (Å²) in [6.45, 7) is 0.373. The van der Waals surface area contributed by atoms with Gasteiger partial charge in [-0.05, 0) is 12.8 Å². The molecule has 1 nitrogen and oxygen atoms in total. The van der Waals surface area contributed by atoms with Crippen LogP contribution in [0.5, 0.6) is 0 Å². The molecule has 0 atom stereocenters. The molecule has 0 aromatic rings. The molecule has 0 amide bonds. The Labute approximate surface area is 174 Å². The van der Waals surface area contributed by atoms with Crippen molar-refractivity contribution < 1.29 is 5.11 Å². The van der Waals surface area contributed by atoms with Gasteiger partial charge in [0, 0.05) is 11.9 Å². The van der Waals surface area contributed by atoms with E-state index in [4.69, 9.17) is 5.11 Å². The summed E-state index contributed by atoms with van der Waals surface area (Å²) >= 11 is 3.50. The van der Waals surface area contributed by atoms with Gasteiger partial charge < -0.3 is 5.11 Å². The van der Waals surface area contributed by atoms with Gasteiger partial charge in [0.2, 0.25) is 0 Å². The van der Waals surface area contributed by atoms with Crippen LogP contribution < -0.4 is 0 Å². The molecule has 158 valence electrons. The maximum Gasteiger partial charge on any atom is 0.0431 e. The van der Waals surface area contributed by atoms with Gasteiger partial charge in [0.1, 0.15) is 0 Å². The fraction of sp³-hybridized carbons (Fsp3) is 1.00. The van der Waals surface area contributed by atoms with Crippen LogP contribution in [0, 0.1) is 0 Å². The Bertz CT molecular complexity index is 208. The molecule has 0 radical (unpaired) electrons. The number of hydrogen-bond donors (Lipinski definition) is 1. The van der Waals surface area contributed by atoms with Crippen molar-refractivity contribution in [2.75, 3.05) is 11.9 Å². The first-order valence-corrected chi connectivity index (χ1v) is 13.2. The van der Waals surface area contributed by atoms with Crippen LogP contribution in [0.25, 0.3) is 0 Å². The third kappa shape index (κ3) is 24.4. The van der Waals surface area contributed by atoms with Crippen molar-refractivity contribution in [3.63, 3.8) is 0 Å². The summed E-state index contributed by atoms with van der Waals surface area (Å²) in [4.78, 5) is 0. The second kappa shape index (κ2) is 25.4. The van der Waals surface area contributed by atoms with E-state index < -0.39 is 0 Å². The van der Waals surface area contributed by atoms with Gasteiger partial charge in [0.25, 0.3) is 0 Å². The summed E-state index contributed by atoms with van der Waals surface area (Å²) in [5.41, 5.74) is 0. The molecule has 1 N–H and O–H groups in total. The van der Waals surface area contributed by atoms with Crippen molar-refractivity contribution in [2.45, 2.75) is 141 Å². The molecule has 0 spiro atoms. The molecule has 0 rings (SSSR count). The molecule has 2 heteroatoms. The minimum Gasteiger partial charge on any atom is -0.396 e. The van der Waals surface area contributed by atoms with Crippen molar-refractivity contribution in [2.24, 2.45) is 0 Å². The highest BCUT2D eigenvalue weighted by Crippen LogP contribution is 2.15. The van der Waals surface area contributed by atoms with Gasteiger partial charge in [0.15, 0.2) is 0 Å². The third-order valence-corrected chi connectivity index (χ3v) is 6.10. The smallest absolute Gasteiger partial charge is 0.0431 e. The lowest BCUT2D eigenvalue weighted by Crippen LogP contribution is -1.85. The molecule has 0 bridgehead atoms. The molecule has 0 fully saturated rings. The van der Waals surface area contributed by atoms with E-state index in [-0.39, 0.29) is 0 Å². The van der Waals surface area contributed by atoms with Crippen molar-refractivity contribution >= 4 is 15.9 Å². The molecule has 26 heavy (non-hydrogen) atoms. The van der Waals surface area contributed by atoms with Crippen LogP contribution in [-0.2, 0) is 0 Å². The van der Waals surface area contributed by atoms with Crippen LogP contribution in [0.15, 0.2) is 0 Å². The topological polar surface area (TPSA) is 20.2 Å². The Morgan fingerprint density at radius 2 is 0.500 bits per heavy atom. The number of rotatable bonds is 23. The summed E-state index contributed by atoms with van der Waals surface area (Å²) in [5.74, 6) is 0. The maximum absolute atomic E-state index is 8.73. The fourth-order valence-electron chi connectivity index (χ4n) is 3.74. The number of aliphatic hydroxyl groups excluding tert-OH is 1. The molecule has 0 aliphatic carbocycles. The van der Waals surface area contributed by atoms with E-state index in [9.17, 15) is 0 Å². The first kappa shape index (κ1) is 26.4. The summed E-state index contributed by atoms with van der Waals surface area (Å²) in [6.07, 6.45) is 31.0. The molecule has 0 heterocycles. The van der Waals surface area contributed by atoms with Crippen LogP contribution in [0.1, 0.15) is 141 Å². The summed E-state index contributed by atoms with van der Waals surface area (Å²) < 4.78 is 0. The lowest BCUT2D eigenvalue weighted by atomic mass is 10.0. The molecule has 0 aromatic heterocycles. The van der Waals surface area contributed by atoms with Gasteiger partial charge in [0.05, 0.1) is 0 Å². The first-order chi connectivity index (χ1) is 12.9. The average molecular weight is 434 g/mol. The zero-order chi connectivity index (χ0) is 19.0. The van der Waals surface area contributed by atoms with Gasteiger partial charge in [-0.2, -0.15) is 0 Å². The Morgan fingerprint density at radius 1 is 0.308 bits per heavy atom. The van der Waals surface area contributed by atoms with Crippen LogP contribution >= 0.6 is 15.9 Å². The van der Waals surface area contributed by atoms with Gasteiger partial charge >= 0.3 is 0 Å². The minimum absolute atomic E-state index is 0.373. The van der Waals surface area contributed by atoms with Gasteiger partial charge in [-0.25, -0.2) is 0 Å². The lowest BCUT2D eigenvalue weighted by molar-refractivity contribution is 0.282. The summed E-state index contributed by atoms with van der Waals surface area (Å²) in [6, 6.07) is 0. The highest BCUT2D eigenvalue weighted by molar-refractivity contribution is 9.09. The average Bonchev–Trinajstić information content (AvgIpc) is 2.66. The number of unbranched alkanes of at least 4 members (excludes halogenated alkanes) is 21. The first-order valence-electron chi connectivity index (χ1n) is 12.1. The summed E-state index contributed by atoms with van der Waals surface area (Å²) in [7, 11) is 0. The molecule has 0 saturated carbocycles. The highest BCUT2D eigenvalue weighted by Gasteiger charge is 1.95. The van der Waals surface area contributed by atoms with E-state index in [1.807, 2.05) is 0 Å². The normalized spacial score (nSPS) is 11.3. The van der Waals surface area contributed by atoms with E-state index in [0.717, 1.165) is 6.42 Å². The molecule has 0 aliphatic rings. The Hall–Kier alpha value is 0.440. The summed E-state index contributed by atoms with van der Waals surface area (Å²) in [5, 5.41) is 9.91. The van der Waals surface area contributed by atoms with Crippen LogP contribution in [-0.4, -0.2) is 17.0 Å². The van der Waals surface area contributed by atoms with E-state index in [2.05, 4.69) is 15.9 Å². The van der Waals surface area contributed by atoms with Crippen molar-refractivity contribution in [3.05, 3.63) is 0 Å². The van der Waals surface area contributed by atoms with Crippen molar-refractivity contribution in [3.8, 4) is 0 Å². The molecule has 0 unspecified atom stereocenters. The van der Waals surface area contributed by atoms with Crippen LogP contribution in [0.2, 0.25) is 0 Å². The van der Waals surface area contributed by atoms with E-state index in [0.29, 0.717) is 6.61 Å². The third-order valence-electron chi connectivity index (χ3n) is 5.54. The highest BCUT2D eigenvalue weighted by atomic mass is 79.9. The monoisotopic (exact) mass is 432 g/mol. The second-order valence-corrected chi connectivity index (χ2v) is 8.98. The second-order valence-electron chi connectivity index (χ2n) is 8.19. The SMILES string of the molecule is OCCCCCCCCCCCCCCCCCCCCCCCCBr. The van der Waals surface area contributed by atoms with Crippen molar-refractivity contribution in [1.29, 1.82) is 0 Å². The number of halogens is 1. The number of aliphatic hydroxyl groups is 1. The lowest BCUT2D eigenvalue weighted by Gasteiger charge is -2.04. The Kier molecular flexibility index (Phi) is 25.9. The van der Waals surface area contributed by atoms with E-state index in [1.165, 1.54) is 140 Å². The van der Waals surface area contributed by atoms with Gasteiger partial charge in [-0.1, -0.05) is 144 Å². The Morgan fingerprint density at radius 3 is 0.692 bits per heavy atom. The molecular formula is C24H49BrO. The van der Waals surface area contributed by atoms with Crippen molar-refractivity contribution in [1.82, 2.24) is 0 Å². The van der Waals surface area contributed by atoms with Crippen LogP contribution in [0.3, 0.4) is 0 Å². The zero-order valence-electron chi connectivity index (χ0n) is 17.8. The zero-order valence-corrected chi connectivity index (χ0v) is 19.4. The number of alkyl halides is 1. The minimum atomic E-state index is 0.373. The quantitative estimate of drug-likeness (QED) is 0.126. The Balaban J connectivity index is 2.95. The number of hydrogen-bond acceptors (Lipinski definition) is 1. The molecule has 0 saturated heterocycles.